The molecule has 0 radical (unpaired) electrons. The fourth-order valence-corrected chi connectivity index (χ4v) is 1.85. The Bertz CT molecular complexity index is 550. The monoisotopic (exact) mass is 283 g/mol. The number of carbonyl (C=O) groups excluding carboxylic acids is 1. The first-order valence-corrected chi connectivity index (χ1v) is 5.95. The van der Waals surface area contributed by atoms with Gasteiger partial charge in [0.2, 0.25) is 5.91 Å². The third kappa shape index (κ3) is 3.81. The Morgan fingerprint density at radius 2 is 1.90 bits per heavy atom. The van der Waals surface area contributed by atoms with E-state index in [0.29, 0.717) is 11.3 Å². The first-order chi connectivity index (χ1) is 9.22. The summed E-state index contributed by atoms with van der Waals surface area (Å²) in [7, 11) is 1.74. The lowest BCUT2D eigenvalue weighted by atomic mass is 10.1. The van der Waals surface area contributed by atoms with Crippen LogP contribution in [0.5, 0.6) is 0 Å². The minimum Gasteiger partial charge on any atom is -0.481 e. The van der Waals surface area contributed by atoms with Crippen LogP contribution in [0.25, 0.3) is 0 Å². The lowest BCUT2D eigenvalue weighted by Gasteiger charge is -2.12. The zero-order valence-corrected chi connectivity index (χ0v) is 11.5. The summed E-state index contributed by atoms with van der Waals surface area (Å²) in [5, 5.41) is 23.8. The van der Waals surface area contributed by atoms with Crippen LogP contribution in [-0.4, -0.2) is 43.9 Å². The third-order valence-corrected chi connectivity index (χ3v) is 3.01. The Kier molecular flexibility index (Phi) is 4.84. The number of carbonyl (C=O) groups is 3. The highest BCUT2D eigenvalue weighted by atomic mass is 16.4. The zero-order chi connectivity index (χ0) is 15.4. The Labute approximate surface area is 115 Å². The molecule has 0 fully saturated rings. The van der Waals surface area contributed by atoms with Gasteiger partial charge < -0.3 is 15.5 Å². The van der Waals surface area contributed by atoms with Crippen molar-refractivity contribution in [2.24, 2.45) is 7.05 Å². The predicted molar refractivity (Wildman–Crippen MR) is 68.2 cm³/mol. The lowest BCUT2D eigenvalue weighted by molar-refractivity contribution is -0.147. The molecular formula is C12H17N3O5. The molecule has 1 aromatic rings. The molecular weight excluding hydrogens is 266 g/mol. The van der Waals surface area contributed by atoms with Gasteiger partial charge in [-0.2, -0.15) is 5.10 Å². The van der Waals surface area contributed by atoms with Crippen molar-refractivity contribution in [3.8, 4) is 0 Å². The van der Waals surface area contributed by atoms with Crippen molar-refractivity contribution >= 4 is 17.8 Å². The van der Waals surface area contributed by atoms with Gasteiger partial charge in [0.15, 0.2) is 0 Å². The summed E-state index contributed by atoms with van der Waals surface area (Å²) in [5.41, 5.74) is 2.21. The molecule has 1 heterocycles. The van der Waals surface area contributed by atoms with E-state index in [2.05, 4.69) is 10.4 Å². The summed E-state index contributed by atoms with van der Waals surface area (Å²) in [6.07, 6.45) is -0.693. The summed E-state index contributed by atoms with van der Waals surface area (Å²) < 4.78 is 1.63. The summed E-state index contributed by atoms with van der Waals surface area (Å²) in [6.45, 7) is 3.55. The van der Waals surface area contributed by atoms with E-state index in [1.54, 1.807) is 25.6 Å². The number of aromatic nitrogens is 2. The molecule has 0 unspecified atom stereocenters. The summed E-state index contributed by atoms with van der Waals surface area (Å²) in [4.78, 5) is 33.2. The quantitative estimate of drug-likeness (QED) is 0.654. The van der Waals surface area contributed by atoms with E-state index in [9.17, 15) is 14.4 Å². The van der Waals surface area contributed by atoms with E-state index in [4.69, 9.17) is 10.2 Å². The highest BCUT2D eigenvalue weighted by Crippen LogP contribution is 2.12. The number of carboxylic acid groups (broad SMARTS) is 2. The van der Waals surface area contributed by atoms with Crippen LogP contribution in [0.15, 0.2) is 0 Å². The lowest BCUT2D eigenvalue weighted by Crippen LogP contribution is -2.43. The van der Waals surface area contributed by atoms with Crippen molar-refractivity contribution in [1.29, 1.82) is 0 Å². The summed E-state index contributed by atoms with van der Waals surface area (Å²) in [5.74, 6) is -3.20. The van der Waals surface area contributed by atoms with Crippen LogP contribution in [0.4, 0.5) is 0 Å². The molecule has 3 N–H and O–H groups in total. The van der Waals surface area contributed by atoms with Gasteiger partial charge in [-0.3, -0.25) is 14.3 Å². The average Bonchev–Trinajstić information content (AvgIpc) is 2.54. The molecule has 8 heteroatoms. The minimum atomic E-state index is -1.43. The van der Waals surface area contributed by atoms with E-state index in [0.717, 1.165) is 5.69 Å². The zero-order valence-electron chi connectivity index (χ0n) is 11.5. The van der Waals surface area contributed by atoms with Gasteiger partial charge in [0.1, 0.15) is 6.04 Å². The van der Waals surface area contributed by atoms with Gasteiger partial charge in [0.05, 0.1) is 18.5 Å². The molecule has 1 amide bonds. The van der Waals surface area contributed by atoms with Crippen molar-refractivity contribution in [1.82, 2.24) is 15.1 Å². The first-order valence-electron chi connectivity index (χ1n) is 5.95. The van der Waals surface area contributed by atoms with Gasteiger partial charge in [0, 0.05) is 18.3 Å². The van der Waals surface area contributed by atoms with Crippen molar-refractivity contribution < 1.29 is 24.6 Å². The smallest absolute Gasteiger partial charge is 0.326 e. The normalized spacial score (nSPS) is 11.9. The molecule has 110 valence electrons. The largest absolute Gasteiger partial charge is 0.481 e. The van der Waals surface area contributed by atoms with Crippen LogP contribution in [0.3, 0.4) is 0 Å². The second-order valence-electron chi connectivity index (χ2n) is 4.51. The molecule has 0 aliphatic heterocycles. The Morgan fingerprint density at radius 3 is 2.30 bits per heavy atom. The molecule has 0 saturated heterocycles. The van der Waals surface area contributed by atoms with E-state index in [-0.39, 0.29) is 6.42 Å². The number of amides is 1. The molecule has 0 saturated carbocycles. The molecule has 0 bridgehead atoms. The molecule has 0 aliphatic carbocycles. The van der Waals surface area contributed by atoms with Crippen LogP contribution in [0, 0.1) is 13.8 Å². The predicted octanol–water partition coefficient (Wildman–Crippen LogP) is -0.376. The molecule has 0 aromatic carbocycles. The van der Waals surface area contributed by atoms with Gasteiger partial charge in [-0.05, 0) is 13.8 Å². The maximum absolute atomic E-state index is 11.8. The standard InChI is InChI=1S/C12H17N3O5/c1-6-8(7(2)15(3)14-6)4-10(16)13-9(12(19)20)5-11(17)18/h9H,4-5H2,1-3H3,(H,13,16)(H,17,18)(H,19,20)/t9-/m1/s1. The van der Waals surface area contributed by atoms with Crippen LogP contribution < -0.4 is 5.32 Å². The SMILES string of the molecule is Cc1nn(C)c(C)c1CC(=O)N[C@H](CC(=O)O)C(=O)O. The topological polar surface area (TPSA) is 122 Å². The fraction of sp³-hybridized carbons (Fsp3) is 0.500. The molecule has 1 rings (SSSR count). The Morgan fingerprint density at radius 1 is 1.30 bits per heavy atom. The minimum absolute atomic E-state index is 0.0328. The molecule has 1 aromatic heterocycles. The van der Waals surface area contributed by atoms with Gasteiger partial charge in [-0.25, -0.2) is 4.79 Å². The van der Waals surface area contributed by atoms with Crippen LogP contribution in [-0.2, 0) is 27.9 Å². The molecule has 8 nitrogen and oxygen atoms in total. The Hall–Kier alpha value is -2.38. The maximum Gasteiger partial charge on any atom is 0.326 e. The van der Waals surface area contributed by atoms with E-state index in [1.165, 1.54) is 0 Å². The van der Waals surface area contributed by atoms with Crippen LogP contribution >= 0.6 is 0 Å². The number of nitrogens with one attached hydrogen (secondary N) is 1. The van der Waals surface area contributed by atoms with E-state index < -0.39 is 30.3 Å². The number of rotatable bonds is 6. The average molecular weight is 283 g/mol. The summed E-state index contributed by atoms with van der Waals surface area (Å²) in [6, 6.07) is -1.43. The van der Waals surface area contributed by atoms with Crippen LogP contribution in [0.1, 0.15) is 23.4 Å². The second kappa shape index (κ2) is 6.18. The van der Waals surface area contributed by atoms with Crippen molar-refractivity contribution in [3.63, 3.8) is 0 Å². The first kappa shape index (κ1) is 15.7. The molecule has 1 atom stereocenters. The van der Waals surface area contributed by atoms with Crippen molar-refractivity contribution in [2.45, 2.75) is 32.7 Å². The number of nitrogens with zero attached hydrogens (tertiary/aromatic N) is 2. The van der Waals surface area contributed by atoms with Crippen LogP contribution in [0.2, 0.25) is 0 Å². The number of carboxylic acids is 2. The highest BCUT2D eigenvalue weighted by molar-refractivity contribution is 5.87. The summed E-state index contributed by atoms with van der Waals surface area (Å²) >= 11 is 0. The number of aliphatic carboxylic acids is 2. The van der Waals surface area contributed by atoms with E-state index in [1.807, 2.05) is 0 Å². The molecule has 0 aliphatic rings. The number of hydrogen-bond donors (Lipinski definition) is 3. The van der Waals surface area contributed by atoms with Gasteiger partial charge >= 0.3 is 11.9 Å². The van der Waals surface area contributed by atoms with E-state index >= 15 is 0 Å². The van der Waals surface area contributed by atoms with Gasteiger partial charge in [-0.15, -0.1) is 0 Å². The number of aryl methyl sites for hydroxylation is 2. The second-order valence-corrected chi connectivity index (χ2v) is 4.51. The highest BCUT2D eigenvalue weighted by Gasteiger charge is 2.24. The molecule has 20 heavy (non-hydrogen) atoms. The van der Waals surface area contributed by atoms with Gasteiger partial charge in [0.25, 0.3) is 0 Å². The third-order valence-electron chi connectivity index (χ3n) is 3.01. The van der Waals surface area contributed by atoms with Crippen molar-refractivity contribution in [2.75, 3.05) is 0 Å². The van der Waals surface area contributed by atoms with Crippen molar-refractivity contribution in [3.05, 3.63) is 17.0 Å². The Balaban J connectivity index is 2.75. The maximum atomic E-state index is 11.8. The molecule has 0 spiro atoms. The van der Waals surface area contributed by atoms with Gasteiger partial charge in [-0.1, -0.05) is 0 Å². The fourth-order valence-electron chi connectivity index (χ4n) is 1.85. The number of hydrogen-bond acceptors (Lipinski definition) is 4.